The van der Waals surface area contributed by atoms with Gasteiger partial charge in [0.15, 0.2) is 0 Å². The normalized spacial score (nSPS) is 11.6. The number of aliphatic hydroxyl groups is 1. The van der Waals surface area contributed by atoms with Crippen LogP contribution in [0.5, 0.6) is 0 Å². The van der Waals surface area contributed by atoms with Crippen LogP contribution in [0.1, 0.15) is 129 Å². The van der Waals surface area contributed by atoms with Gasteiger partial charge in [-0.25, -0.2) is 0 Å². The Kier molecular flexibility index (Phi) is 23.3. The van der Waals surface area contributed by atoms with Gasteiger partial charge in [0.25, 0.3) is 0 Å². The molecule has 2 heteroatoms. The lowest BCUT2D eigenvalue weighted by Crippen LogP contribution is -1.87. The molecular weight excluding hydrogens is 306 g/mol. The largest absolute Gasteiger partial charge is 0.396 e. The molecule has 0 amide bonds. The summed E-state index contributed by atoms with van der Waals surface area (Å²) in [6.07, 6.45) is 28.1. The van der Waals surface area contributed by atoms with E-state index in [1.165, 1.54) is 116 Å². The molecule has 0 atom stereocenters. The smallest absolute Gasteiger partial charge is 0.0480 e. The van der Waals surface area contributed by atoms with Gasteiger partial charge in [-0.1, -0.05) is 116 Å². The van der Waals surface area contributed by atoms with E-state index in [1.54, 1.807) is 0 Å². The molecule has 0 aromatic rings. The Morgan fingerprint density at radius 2 is 0.920 bits per heavy atom. The fourth-order valence-electron chi connectivity index (χ4n) is 3.35. The van der Waals surface area contributed by atoms with Crippen LogP contribution in [-0.4, -0.2) is 24.5 Å². The Labute approximate surface area is 158 Å². The van der Waals surface area contributed by atoms with Crippen LogP contribution >= 0.6 is 0 Å². The summed E-state index contributed by atoms with van der Waals surface area (Å²) in [5.74, 6) is 0. The average Bonchev–Trinajstić information content (AvgIpc) is 2.63. The van der Waals surface area contributed by atoms with E-state index in [0.29, 0.717) is 6.42 Å². The number of aliphatic hydroxyl groups excluding tert-OH is 1. The van der Waals surface area contributed by atoms with Crippen molar-refractivity contribution in [3.05, 3.63) is 0 Å². The molecule has 0 aromatic carbocycles. The quantitative estimate of drug-likeness (QED) is 0.168. The molecule has 0 bridgehead atoms. The molecular formula is C23H47NO. The summed E-state index contributed by atoms with van der Waals surface area (Å²) >= 11 is 0. The highest BCUT2D eigenvalue weighted by molar-refractivity contribution is 5.57. The Morgan fingerprint density at radius 1 is 0.560 bits per heavy atom. The zero-order chi connectivity index (χ0) is 18.3. The van der Waals surface area contributed by atoms with Gasteiger partial charge in [-0.05, 0) is 6.42 Å². The number of unbranched alkanes of at least 4 members (excludes halogenated alkanes) is 17. The Hall–Kier alpha value is -0.370. The predicted molar refractivity (Wildman–Crippen MR) is 114 cm³/mol. The summed E-state index contributed by atoms with van der Waals surface area (Å²) in [4.78, 5) is 4.29. The van der Waals surface area contributed by atoms with Gasteiger partial charge >= 0.3 is 0 Å². The van der Waals surface area contributed by atoms with E-state index in [2.05, 4.69) is 11.9 Å². The maximum Gasteiger partial charge on any atom is 0.0480 e. The Morgan fingerprint density at radius 3 is 1.28 bits per heavy atom. The molecule has 0 saturated heterocycles. The molecule has 0 spiro atoms. The summed E-state index contributed by atoms with van der Waals surface area (Å²) in [7, 11) is 0. The molecule has 1 N–H and O–H groups in total. The van der Waals surface area contributed by atoms with Crippen molar-refractivity contribution < 1.29 is 5.11 Å². The van der Waals surface area contributed by atoms with E-state index >= 15 is 0 Å². The predicted octanol–water partition coefficient (Wildman–Crippen LogP) is 7.48. The third-order valence-electron chi connectivity index (χ3n) is 5.03. The van der Waals surface area contributed by atoms with E-state index < -0.39 is 0 Å². The van der Waals surface area contributed by atoms with Crippen molar-refractivity contribution in [2.75, 3.05) is 13.2 Å². The van der Waals surface area contributed by atoms with Gasteiger partial charge in [0, 0.05) is 25.8 Å². The average molecular weight is 354 g/mol. The van der Waals surface area contributed by atoms with E-state index in [1.807, 2.05) is 6.21 Å². The zero-order valence-electron chi connectivity index (χ0n) is 17.3. The van der Waals surface area contributed by atoms with Crippen LogP contribution in [0.2, 0.25) is 0 Å². The lowest BCUT2D eigenvalue weighted by molar-refractivity contribution is 0.308. The van der Waals surface area contributed by atoms with Gasteiger partial charge in [-0.3, -0.25) is 4.99 Å². The molecule has 0 heterocycles. The number of nitrogens with zero attached hydrogens (tertiary/aromatic N) is 1. The van der Waals surface area contributed by atoms with Gasteiger partial charge < -0.3 is 5.11 Å². The molecule has 0 aliphatic carbocycles. The number of hydrogen-bond donors (Lipinski definition) is 1. The first-order valence-electron chi connectivity index (χ1n) is 11.5. The van der Waals surface area contributed by atoms with Crippen molar-refractivity contribution in [3.63, 3.8) is 0 Å². The molecule has 0 fully saturated rings. The summed E-state index contributed by atoms with van der Waals surface area (Å²) in [6, 6.07) is 0. The Bertz CT molecular complexity index is 252. The lowest BCUT2D eigenvalue weighted by atomic mass is 10.0. The SMILES string of the molecule is CCCCCCCCCCCCCCCCCCCCN=CCCO. The molecule has 0 unspecified atom stereocenters. The summed E-state index contributed by atoms with van der Waals surface area (Å²) < 4.78 is 0. The van der Waals surface area contributed by atoms with Gasteiger partial charge in [0.1, 0.15) is 0 Å². The molecule has 0 saturated carbocycles. The van der Waals surface area contributed by atoms with Gasteiger partial charge in [-0.2, -0.15) is 0 Å². The molecule has 0 rings (SSSR count). The van der Waals surface area contributed by atoms with Crippen LogP contribution in [0.15, 0.2) is 4.99 Å². The highest BCUT2D eigenvalue weighted by atomic mass is 16.2. The topological polar surface area (TPSA) is 32.6 Å². The first kappa shape index (κ1) is 24.6. The molecule has 150 valence electrons. The second-order valence-electron chi connectivity index (χ2n) is 7.61. The zero-order valence-corrected chi connectivity index (χ0v) is 17.3. The third kappa shape index (κ3) is 23.6. The first-order valence-corrected chi connectivity index (χ1v) is 11.5. The first-order chi connectivity index (χ1) is 12.4. The van der Waals surface area contributed by atoms with Crippen molar-refractivity contribution in [2.45, 2.75) is 129 Å². The number of hydrogen-bond acceptors (Lipinski definition) is 2. The van der Waals surface area contributed by atoms with Crippen LogP contribution in [0.25, 0.3) is 0 Å². The third-order valence-corrected chi connectivity index (χ3v) is 5.03. The van der Waals surface area contributed by atoms with Gasteiger partial charge in [-0.15, -0.1) is 0 Å². The number of rotatable bonds is 21. The summed E-state index contributed by atoms with van der Waals surface area (Å²) in [6.45, 7) is 3.46. The molecule has 0 radical (unpaired) electrons. The molecule has 0 aromatic heterocycles. The second-order valence-corrected chi connectivity index (χ2v) is 7.61. The summed E-state index contributed by atoms with van der Waals surface area (Å²) in [5, 5.41) is 8.63. The maximum absolute atomic E-state index is 8.63. The number of aliphatic imine (C=N–C) groups is 1. The van der Waals surface area contributed by atoms with Gasteiger partial charge in [0.05, 0.1) is 0 Å². The standard InChI is InChI=1S/C23H47NO/c1-2-3-4-5-6-7-8-9-10-11-12-13-14-15-16-17-18-19-21-24-22-20-23-25/h22,25H,2-21,23H2,1H3. The van der Waals surface area contributed by atoms with Crippen LogP contribution in [0.3, 0.4) is 0 Å². The highest BCUT2D eigenvalue weighted by Gasteiger charge is 1.94. The monoisotopic (exact) mass is 353 g/mol. The lowest BCUT2D eigenvalue weighted by Gasteiger charge is -2.03. The van der Waals surface area contributed by atoms with Crippen molar-refractivity contribution in [1.82, 2.24) is 0 Å². The van der Waals surface area contributed by atoms with Crippen LogP contribution < -0.4 is 0 Å². The minimum atomic E-state index is 0.225. The van der Waals surface area contributed by atoms with Crippen LogP contribution in [-0.2, 0) is 0 Å². The van der Waals surface area contributed by atoms with E-state index in [9.17, 15) is 0 Å². The van der Waals surface area contributed by atoms with Crippen molar-refractivity contribution >= 4 is 6.21 Å². The highest BCUT2D eigenvalue weighted by Crippen LogP contribution is 2.14. The maximum atomic E-state index is 8.63. The molecule has 25 heavy (non-hydrogen) atoms. The second kappa shape index (κ2) is 23.6. The van der Waals surface area contributed by atoms with Crippen molar-refractivity contribution in [3.8, 4) is 0 Å². The molecule has 0 aliphatic rings. The van der Waals surface area contributed by atoms with E-state index in [4.69, 9.17) is 5.11 Å². The van der Waals surface area contributed by atoms with Crippen molar-refractivity contribution in [1.29, 1.82) is 0 Å². The Balaban J connectivity index is 2.98. The van der Waals surface area contributed by atoms with Crippen LogP contribution in [0.4, 0.5) is 0 Å². The van der Waals surface area contributed by atoms with Gasteiger partial charge in [0.2, 0.25) is 0 Å². The molecule has 0 aliphatic heterocycles. The molecule has 2 nitrogen and oxygen atoms in total. The fraction of sp³-hybridized carbons (Fsp3) is 0.957. The fourth-order valence-corrected chi connectivity index (χ4v) is 3.35. The van der Waals surface area contributed by atoms with E-state index in [0.717, 1.165) is 6.54 Å². The summed E-state index contributed by atoms with van der Waals surface area (Å²) in [5.41, 5.74) is 0. The van der Waals surface area contributed by atoms with Crippen LogP contribution in [0, 0.1) is 0 Å². The van der Waals surface area contributed by atoms with Crippen molar-refractivity contribution in [2.24, 2.45) is 4.99 Å². The minimum absolute atomic E-state index is 0.225. The van der Waals surface area contributed by atoms with E-state index in [-0.39, 0.29) is 6.61 Å². The minimum Gasteiger partial charge on any atom is -0.396 e.